The summed E-state index contributed by atoms with van der Waals surface area (Å²) >= 11 is 0. The van der Waals surface area contributed by atoms with Gasteiger partial charge in [-0.15, -0.1) is 0 Å². The van der Waals surface area contributed by atoms with Crippen LogP contribution in [0, 0.1) is 0 Å². The molecule has 0 radical (unpaired) electrons. The second kappa shape index (κ2) is 5.30. The lowest BCUT2D eigenvalue weighted by Crippen LogP contribution is -2.25. The summed E-state index contributed by atoms with van der Waals surface area (Å²) in [6.45, 7) is 0.165. The van der Waals surface area contributed by atoms with Crippen LogP contribution in [0.15, 0.2) is 47.6 Å². The first kappa shape index (κ1) is 12.7. The standard InChI is InChI=1S/C11H13N3O3S/c1-14-11(7-8-12-14)18(15,16)13-17-9-10-5-3-2-4-6-10/h2-8,13H,9H2,1H3. The second-order valence-corrected chi connectivity index (χ2v) is 5.25. The van der Waals surface area contributed by atoms with Crippen LogP contribution >= 0.6 is 0 Å². The molecule has 2 aromatic rings. The van der Waals surface area contributed by atoms with Gasteiger partial charge in [0.2, 0.25) is 0 Å². The third-order valence-corrected chi connectivity index (χ3v) is 3.59. The lowest BCUT2D eigenvalue weighted by molar-refractivity contribution is 0.0791. The van der Waals surface area contributed by atoms with Crippen molar-refractivity contribution in [2.24, 2.45) is 7.05 Å². The Morgan fingerprint density at radius 2 is 2.00 bits per heavy atom. The van der Waals surface area contributed by atoms with Gasteiger partial charge in [-0.25, -0.2) is 8.42 Å². The monoisotopic (exact) mass is 267 g/mol. The SMILES string of the molecule is Cn1nccc1S(=O)(=O)NOCc1ccccc1. The van der Waals surface area contributed by atoms with Crippen molar-refractivity contribution in [3.63, 3.8) is 0 Å². The van der Waals surface area contributed by atoms with Gasteiger partial charge < -0.3 is 0 Å². The quantitative estimate of drug-likeness (QED) is 0.814. The van der Waals surface area contributed by atoms with Gasteiger partial charge in [0.25, 0.3) is 10.0 Å². The molecule has 0 amide bonds. The van der Waals surface area contributed by atoms with E-state index in [1.807, 2.05) is 30.3 Å². The summed E-state index contributed by atoms with van der Waals surface area (Å²) in [5, 5.41) is 3.84. The highest BCUT2D eigenvalue weighted by atomic mass is 32.2. The van der Waals surface area contributed by atoms with Crippen LogP contribution in [0.2, 0.25) is 0 Å². The summed E-state index contributed by atoms with van der Waals surface area (Å²) in [6, 6.07) is 10.7. The lowest BCUT2D eigenvalue weighted by atomic mass is 10.2. The Morgan fingerprint density at radius 3 is 2.61 bits per heavy atom. The highest BCUT2D eigenvalue weighted by molar-refractivity contribution is 7.89. The Bertz CT molecular complexity index is 607. The first-order valence-electron chi connectivity index (χ1n) is 5.25. The Balaban J connectivity index is 1.97. The van der Waals surface area contributed by atoms with Crippen LogP contribution in [0.5, 0.6) is 0 Å². The lowest BCUT2D eigenvalue weighted by Gasteiger charge is -2.07. The maximum atomic E-state index is 11.8. The molecule has 1 N–H and O–H groups in total. The van der Waals surface area contributed by atoms with Crippen molar-refractivity contribution in [3.05, 3.63) is 48.2 Å². The van der Waals surface area contributed by atoms with Crippen LogP contribution in [0.3, 0.4) is 0 Å². The normalized spacial score (nSPS) is 11.6. The predicted molar refractivity (Wildman–Crippen MR) is 64.8 cm³/mol. The van der Waals surface area contributed by atoms with E-state index in [-0.39, 0.29) is 11.6 Å². The fraction of sp³-hybridized carbons (Fsp3) is 0.182. The van der Waals surface area contributed by atoms with Gasteiger partial charge in [-0.1, -0.05) is 35.2 Å². The smallest absolute Gasteiger partial charge is 0.279 e. The van der Waals surface area contributed by atoms with E-state index >= 15 is 0 Å². The van der Waals surface area contributed by atoms with Crippen molar-refractivity contribution in [2.45, 2.75) is 11.6 Å². The zero-order chi connectivity index (χ0) is 13.0. The summed E-state index contributed by atoms with van der Waals surface area (Å²) in [5.74, 6) is 0. The molecule has 1 aromatic heterocycles. The van der Waals surface area contributed by atoms with Gasteiger partial charge >= 0.3 is 0 Å². The van der Waals surface area contributed by atoms with Crippen molar-refractivity contribution in [2.75, 3.05) is 0 Å². The average Bonchev–Trinajstić information content (AvgIpc) is 2.77. The second-order valence-electron chi connectivity index (χ2n) is 3.65. The summed E-state index contributed by atoms with van der Waals surface area (Å²) < 4.78 is 24.9. The minimum Gasteiger partial charge on any atom is -0.282 e. The topological polar surface area (TPSA) is 73.2 Å². The first-order valence-corrected chi connectivity index (χ1v) is 6.73. The molecule has 1 heterocycles. The number of nitrogens with one attached hydrogen (secondary N) is 1. The van der Waals surface area contributed by atoms with Gasteiger partial charge in [-0.2, -0.15) is 5.10 Å². The molecule has 6 nitrogen and oxygen atoms in total. The van der Waals surface area contributed by atoms with E-state index in [0.29, 0.717) is 0 Å². The zero-order valence-corrected chi connectivity index (χ0v) is 10.6. The highest BCUT2D eigenvalue weighted by Crippen LogP contribution is 2.06. The van der Waals surface area contributed by atoms with Gasteiger partial charge in [0.15, 0.2) is 5.03 Å². The molecule has 0 saturated carbocycles. The molecule has 0 spiro atoms. The molecule has 0 bridgehead atoms. The Hall–Kier alpha value is -1.70. The van der Waals surface area contributed by atoms with E-state index in [2.05, 4.69) is 9.98 Å². The molecule has 0 aliphatic rings. The Kier molecular flexibility index (Phi) is 3.75. The molecule has 7 heteroatoms. The molecule has 1 aromatic carbocycles. The molecule has 0 fully saturated rings. The molecule has 18 heavy (non-hydrogen) atoms. The molecule has 96 valence electrons. The van der Waals surface area contributed by atoms with E-state index in [1.165, 1.54) is 16.9 Å². The number of aromatic nitrogens is 2. The molecule has 0 saturated heterocycles. The molecule has 0 atom stereocenters. The van der Waals surface area contributed by atoms with E-state index in [0.717, 1.165) is 5.56 Å². The minimum absolute atomic E-state index is 0.0514. The van der Waals surface area contributed by atoms with E-state index in [1.54, 1.807) is 7.05 Å². The summed E-state index contributed by atoms with van der Waals surface area (Å²) in [5.41, 5.74) is 0.880. The van der Waals surface area contributed by atoms with Crippen LogP contribution in [0.25, 0.3) is 0 Å². The Morgan fingerprint density at radius 1 is 1.28 bits per heavy atom. The van der Waals surface area contributed by atoms with E-state index in [9.17, 15) is 8.42 Å². The average molecular weight is 267 g/mol. The molecular formula is C11H13N3O3S. The molecular weight excluding hydrogens is 254 g/mol. The predicted octanol–water partition coefficient (Wildman–Crippen LogP) is 0.830. The van der Waals surface area contributed by atoms with Gasteiger partial charge in [-0.05, 0) is 11.6 Å². The van der Waals surface area contributed by atoms with Crippen molar-refractivity contribution < 1.29 is 13.3 Å². The van der Waals surface area contributed by atoms with Crippen LogP contribution in [0.1, 0.15) is 5.56 Å². The number of benzene rings is 1. The van der Waals surface area contributed by atoms with Gasteiger partial charge in [0.05, 0.1) is 12.8 Å². The third-order valence-electron chi connectivity index (χ3n) is 2.30. The third kappa shape index (κ3) is 2.95. The van der Waals surface area contributed by atoms with Crippen LogP contribution < -0.4 is 4.89 Å². The van der Waals surface area contributed by atoms with E-state index in [4.69, 9.17) is 4.84 Å². The zero-order valence-electron chi connectivity index (χ0n) is 9.78. The van der Waals surface area contributed by atoms with Crippen LogP contribution in [-0.2, 0) is 28.5 Å². The molecule has 2 rings (SSSR count). The van der Waals surface area contributed by atoms with Crippen molar-refractivity contribution in [1.82, 2.24) is 14.7 Å². The Labute approximate surface area is 105 Å². The number of hydrogen-bond donors (Lipinski definition) is 1. The number of sulfonamides is 1. The number of hydrogen-bond acceptors (Lipinski definition) is 4. The summed E-state index contributed by atoms with van der Waals surface area (Å²) in [6.07, 6.45) is 1.41. The first-order chi connectivity index (χ1) is 8.59. The van der Waals surface area contributed by atoms with Crippen LogP contribution in [-0.4, -0.2) is 18.2 Å². The molecule has 0 aliphatic heterocycles. The number of rotatable bonds is 5. The van der Waals surface area contributed by atoms with E-state index < -0.39 is 10.0 Å². The van der Waals surface area contributed by atoms with Crippen molar-refractivity contribution >= 4 is 10.0 Å². The highest BCUT2D eigenvalue weighted by Gasteiger charge is 2.17. The maximum absolute atomic E-state index is 11.8. The maximum Gasteiger partial charge on any atom is 0.279 e. The van der Waals surface area contributed by atoms with Crippen molar-refractivity contribution in [3.8, 4) is 0 Å². The fourth-order valence-electron chi connectivity index (χ4n) is 1.43. The van der Waals surface area contributed by atoms with Gasteiger partial charge in [0, 0.05) is 7.05 Å². The summed E-state index contributed by atoms with van der Waals surface area (Å²) in [4.78, 5) is 7.05. The van der Waals surface area contributed by atoms with Crippen LogP contribution in [0.4, 0.5) is 0 Å². The van der Waals surface area contributed by atoms with Gasteiger partial charge in [-0.3, -0.25) is 9.52 Å². The number of aryl methyl sites for hydroxylation is 1. The molecule has 0 unspecified atom stereocenters. The molecule has 0 aliphatic carbocycles. The fourth-order valence-corrected chi connectivity index (χ4v) is 2.37. The number of nitrogens with zero attached hydrogens (tertiary/aromatic N) is 2. The largest absolute Gasteiger partial charge is 0.282 e. The van der Waals surface area contributed by atoms with Gasteiger partial charge in [0.1, 0.15) is 0 Å². The van der Waals surface area contributed by atoms with Crippen molar-refractivity contribution in [1.29, 1.82) is 0 Å². The summed E-state index contributed by atoms with van der Waals surface area (Å²) in [7, 11) is -2.14. The minimum atomic E-state index is -3.69.